The third-order valence-corrected chi connectivity index (χ3v) is 6.16. The topological polar surface area (TPSA) is 93.1 Å². The van der Waals surface area contributed by atoms with E-state index in [0.717, 1.165) is 4.88 Å². The number of carboxylic acid groups (broad SMARTS) is 1. The zero-order valence-electron chi connectivity index (χ0n) is 18.4. The van der Waals surface area contributed by atoms with Crippen LogP contribution in [0.2, 0.25) is 0 Å². The molecule has 0 fully saturated rings. The van der Waals surface area contributed by atoms with Crippen molar-refractivity contribution in [2.45, 2.75) is 33.6 Å². The lowest BCUT2D eigenvalue weighted by Gasteiger charge is -2.37. The number of allylic oxidation sites excluding steroid dienone is 2. The number of anilines is 1. The summed E-state index contributed by atoms with van der Waals surface area (Å²) in [4.78, 5) is 40.1. The number of carbonyl (C=O) groups excluding carboxylic acids is 2. The molecule has 2 heterocycles. The number of aromatic carboxylic acids is 1. The third kappa shape index (κ3) is 4.31. The van der Waals surface area contributed by atoms with Crippen LogP contribution >= 0.6 is 11.3 Å². The first kappa shape index (κ1) is 23.3. The summed E-state index contributed by atoms with van der Waals surface area (Å²) in [5.41, 5.74) is 2.68. The van der Waals surface area contributed by atoms with Crippen molar-refractivity contribution in [3.05, 3.63) is 74.8 Å². The van der Waals surface area contributed by atoms with Crippen LogP contribution in [0.5, 0.6) is 0 Å². The number of esters is 2. The number of carbonyl (C=O) groups is 3. The summed E-state index contributed by atoms with van der Waals surface area (Å²) >= 11 is 1.45. The largest absolute Gasteiger partial charge is 0.478 e. The highest BCUT2D eigenvalue weighted by molar-refractivity contribution is 7.10. The average Bonchev–Trinajstić information content (AvgIpc) is 3.28. The van der Waals surface area contributed by atoms with E-state index >= 15 is 0 Å². The highest BCUT2D eigenvalue weighted by Gasteiger charge is 2.41. The Morgan fingerprint density at radius 3 is 1.88 bits per heavy atom. The third-order valence-electron chi connectivity index (χ3n) is 5.22. The van der Waals surface area contributed by atoms with Crippen LogP contribution in [-0.2, 0) is 19.1 Å². The first-order chi connectivity index (χ1) is 15.3. The predicted octanol–water partition coefficient (Wildman–Crippen LogP) is 4.72. The quantitative estimate of drug-likeness (QED) is 0.604. The van der Waals surface area contributed by atoms with Gasteiger partial charge in [0.2, 0.25) is 0 Å². The monoisotopic (exact) mass is 455 g/mol. The van der Waals surface area contributed by atoms with Crippen molar-refractivity contribution in [3.63, 3.8) is 0 Å². The van der Waals surface area contributed by atoms with Gasteiger partial charge in [-0.05, 0) is 63.4 Å². The van der Waals surface area contributed by atoms with Gasteiger partial charge in [0.05, 0.1) is 35.8 Å². The SMILES string of the molecule is CCOC(=O)C1=C(C)N(c2ccc(C(=O)O)cc2)C(C)=C(C(=O)OCC)C1c1cccs1. The van der Waals surface area contributed by atoms with Crippen LogP contribution in [0.4, 0.5) is 5.69 Å². The van der Waals surface area contributed by atoms with Crippen molar-refractivity contribution in [1.29, 1.82) is 0 Å². The molecule has 0 amide bonds. The van der Waals surface area contributed by atoms with Crippen LogP contribution in [0.25, 0.3) is 0 Å². The molecule has 1 aromatic heterocycles. The Morgan fingerprint density at radius 1 is 0.938 bits per heavy atom. The van der Waals surface area contributed by atoms with Gasteiger partial charge in [-0.3, -0.25) is 0 Å². The Labute approximate surface area is 190 Å². The van der Waals surface area contributed by atoms with Crippen molar-refractivity contribution >= 4 is 34.9 Å². The summed E-state index contributed by atoms with van der Waals surface area (Å²) in [7, 11) is 0. The Kier molecular flexibility index (Phi) is 7.15. The highest BCUT2D eigenvalue weighted by Crippen LogP contribution is 2.45. The summed E-state index contributed by atoms with van der Waals surface area (Å²) in [5, 5.41) is 11.1. The van der Waals surface area contributed by atoms with Crippen LogP contribution in [0.1, 0.15) is 48.8 Å². The number of rotatable bonds is 7. The Bertz CT molecular complexity index is 1040. The number of benzene rings is 1. The molecule has 0 aliphatic carbocycles. The van der Waals surface area contributed by atoms with E-state index in [2.05, 4.69) is 0 Å². The molecule has 1 aliphatic rings. The molecule has 7 nitrogen and oxygen atoms in total. The molecule has 1 aromatic carbocycles. The van der Waals surface area contributed by atoms with E-state index in [0.29, 0.717) is 28.2 Å². The Hall–Kier alpha value is -3.39. The van der Waals surface area contributed by atoms with E-state index in [1.807, 2.05) is 17.5 Å². The number of hydrogen-bond donors (Lipinski definition) is 1. The number of nitrogens with zero attached hydrogens (tertiary/aromatic N) is 1. The minimum Gasteiger partial charge on any atom is -0.478 e. The summed E-state index contributed by atoms with van der Waals surface area (Å²) in [6.07, 6.45) is 0. The number of ether oxygens (including phenoxy) is 2. The van der Waals surface area contributed by atoms with Gasteiger partial charge in [0.25, 0.3) is 0 Å². The van der Waals surface area contributed by atoms with Crippen LogP contribution in [-0.4, -0.2) is 36.2 Å². The molecule has 8 heteroatoms. The first-order valence-electron chi connectivity index (χ1n) is 10.2. The molecule has 0 saturated carbocycles. The van der Waals surface area contributed by atoms with E-state index in [1.54, 1.807) is 44.7 Å². The summed E-state index contributed by atoms with van der Waals surface area (Å²) in [5.74, 6) is -2.68. The van der Waals surface area contributed by atoms with E-state index in [1.165, 1.54) is 23.5 Å². The van der Waals surface area contributed by atoms with Crippen molar-refractivity contribution < 1.29 is 29.0 Å². The lowest BCUT2D eigenvalue weighted by Crippen LogP contribution is -2.35. The zero-order chi connectivity index (χ0) is 23.4. The van der Waals surface area contributed by atoms with Crippen molar-refractivity contribution in [2.75, 3.05) is 18.1 Å². The van der Waals surface area contributed by atoms with Crippen LogP contribution in [0, 0.1) is 0 Å². The van der Waals surface area contributed by atoms with Gasteiger partial charge in [-0.1, -0.05) is 6.07 Å². The molecule has 0 spiro atoms. The molecule has 32 heavy (non-hydrogen) atoms. The summed E-state index contributed by atoms with van der Waals surface area (Å²) in [6, 6.07) is 10.0. The lowest BCUT2D eigenvalue weighted by molar-refractivity contribution is -0.139. The standard InChI is InChI=1S/C24H25NO6S/c1-5-30-23(28)19-14(3)25(17-11-9-16(10-12-17)22(26)27)15(4)20(24(29)31-6-2)21(19)18-8-7-13-32-18/h7-13,21H,5-6H2,1-4H3,(H,26,27). The fraction of sp³-hybridized carbons (Fsp3) is 0.292. The van der Waals surface area contributed by atoms with E-state index in [9.17, 15) is 19.5 Å². The molecule has 0 radical (unpaired) electrons. The van der Waals surface area contributed by atoms with Crippen molar-refractivity contribution in [3.8, 4) is 0 Å². The minimum atomic E-state index is -1.04. The molecule has 2 aromatic rings. The van der Waals surface area contributed by atoms with E-state index in [-0.39, 0.29) is 18.8 Å². The van der Waals surface area contributed by atoms with E-state index < -0.39 is 23.8 Å². The Balaban J connectivity index is 2.26. The first-order valence-corrected chi connectivity index (χ1v) is 11.1. The predicted molar refractivity (Wildman–Crippen MR) is 122 cm³/mol. The average molecular weight is 456 g/mol. The molecule has 1 aliphatic heterocycles. The number of thiophene rings is 1. The second-order valence-corrected chi connectivity index (χ2v) is 8.05. The maximum atomic E-state index is 13.1. The number of hydrogen-bond acceptors (Lipinski definition) is 7. The fourth-order valence-corrected chi connectivity index (χ4v) is 4.73. The zero-order valence-corrected chi connectivity index (χ0v) is 19.2. The second kappa shape index (κ2) is 9.82. The van der Waals surface area contributed by atoms with Gasteiger partial charge in [0, 0.05) is 22.0 Å². The van der Waals surface area contributed by atoms with E-state index in [4.69, 9.17) is 9.47 Å². The van der Waals surface area contributed by atoms with Gasteiger partial charge in [-0.2, -0.15) is 0 Å². The molecule has 0 bridgehead atoms. The van der Waals surface area contributed by atoms with Crippen molar-refractivity contribution in [1.82, 2.24) is 0 Å². The minimum absolute atomic E-state index is 0.140. The van der Waals surface area contributed by atoms with Gasteiger partial charge >= 0.3 is 17.9 Å². The smallest absolute Gasteiger partial charge is 0.336 e. The lowest BCUT2D eigenvalue weighted by atomic mass is 9.83. The van der Waals surface area contributed by atoms with Gasteiger partial charge in [-0.25, -0.2) is 14.4 Å². The van der Waals surface area contributed by atoms with Gasteiger partial charge in [-0.15, -0.1) is 11.3 Å². The summed E-state index contributed by atoms with van der Waals surface area (Å²) in [6.45, 7) is 7.43. The van der Waals surface area contributed by atoms with Gasteiger partial charge in [0.1, 0.15) is 0 Å². The number of carboxylic acids is 1. The maximum absolute atomic E-state index is 13.1. The molecule has 0 atom stereocenters. The molecule has 1 N–H and O–H groups in total. The maximum Gasteiger partial charge on any atom is 0.336 e. The Morgan fingerprint density at radius 2 is 1.47 bits per heavy atom. The van der Waals surface area contributed by atoms with Crippen molar-refractivity contribution in [2.24, 2.45) is 0 Å². The molecular weight excluding hydrogens is 430 g/mol. The highest BCUT2D eigenvalue weighted by atomic mass is 32.1. The van der Waals surface area contributed by atoms with Crippen LogP contribution in [0.3, 0.4) is 0 Å². The second-order valence-electron chi connectivity index (χ2n) is 7.07. The fourth-order valence-electron chi connectivity index (χ4n) is 3.88. The van der Waals surface area contributed by atoms with Crippen LogP contribution < -0.4 is 4.90 Å². The molecule has 0 saturated heterocycles. The molecular formula is C24H25NO6S. The summed E-state index contributed by atoms with van der Waals surface area (Å²) < 4.78 is 10.7. The molecule has 0 unspecified atom stereocenters. The molecule has 168 valence electrons. The van der Waals surface area contributed by atoms with Gasteiger partial charge < -0.3 is 19.5 Å². The molecule has 3 rings (SSSR count). The van der Waals surface area contributed by atoms with Crippen LogP contribution in [0.15, 0.2) is 64.3 Å². The normalized spacial score (nSPS) is 14.6. The van der Waals surface area contributed by atoms with Gasteiger partial charge in [0.15, 0.2) is 0 Å².